The molecule has 2 aromatic rings. The average Bonchev–Trinajstić information content (AvgIpc) is 2.42. The highest BCUT2D eigenvalue weighted by Crippen LogP contribution is 2.14. The number of anilines is 1. The Bertz CT molecular complexity index is 523. The molecule has 2 N–H and O–H groups in total. The maximum absolute atomic E-state index is 5.93. The zero-order valence-corrected chi connectivity index (χ0v) is 11.6. The standard InChI is InChI=1S/C16H21N3/c1-13-6-7-14(11-16(13)17)12-19(2)10-8-15-5-3-4-9-18-15/h3-7,9,11H,8,10,12,17H2,1-2H3. The molecule has 0 amide bonds. The van der Waals surface area contributed by atoms with E-state index < -0.39 is 0 Å². The first kappa shape index (κ1) is 13.6. The van der Waals surface area contributed by atoms with Crippen LogP contribution in [0.1, 0.15) is 16.8 Å². The Labute approximate surface area is 115 Å². The van der Waals surface area contributed by atoms with Gasteiger partial charge in [0.05, 0.1) is 0 Å². The van der Waals surface area contributed by atoms with Crippen molar-refractivity contribution in [2.24, 2.45) is 0 Å². The fourth-order valence-electron chi connectivity index (χ4n) is 2.03. The van der Waals surface area contributed by atoms with Crippen LogP contribution in [0, 0.1) is 6.92 Å². The maximum atomic E-state index is 5.93. The van der Waals surface area contributed by atoms with Gasteiger partial charge in [-0.1, -0.05) is 18.2 Å². The summed E-state index contributed by atoms with van der Waals surface area (Å²) in [5.74, 6) is 0. The monoisotopic (exact) mass is 255 g/mol. The molecule has 2 rings (SSSR count). The molecule has 0 aliphatic rings. The SMILES string of the molecule is Cc1ccc(CN(C)CCc2ccccn2)cc1N. The Hall–Kier alpha value is -1.87. The topological polar surface area (TPSA) is 42.2 Å². The predicted molar refractivity (Wildman–Crippen MR) is 79.9 cm³/mol. The van der Waals surface area contributed by atoms with Crippen molar-refractivity contribution in [3.8, 4) is 0 Å². The van der Waals surface area contributed by atoms with Crippen LogP contribution >= 0.6 is 0 Å². The first-order chi connectivity index (χ1) is 9.15. The molecule has 19 heavy (non-hydrogen) atoms. The van der Waals surface area contributed by atoms with E-state index in [1.165, 1.54) is 5.56 Å². The van der Waals surface area contributed by atoms with Gasteiger partial charge in [0.2, 0.25) is 0 Å². The number of pyridine rings is 1. The van der Waals surface area contributed by atoms with Gasteiger partial charge < -0.3 is 10.6 Å². The Kier molecular flexibility index (Phi) is 4.53. The molecule has 1 heterocycles. The van der Waals surface area contributed by atoms with Gasteiger partial charge in [0.15, 0.2) is 0 Å². The van der Waals surface area contributed by atoms with E-state index >= 15 is 0 Å². The molecule has 3 nitrogen and oxygen atoms in total. The summed E-state index contributed by atoms with van der Waals surface area (Å²) in [6.45, 7) is 3.94. The van der Waals surface area contributed by atoms with Crippen LogP contribution in [0.5, 0.6) is 0 Å². The van der Waals surface area contributed by atoms with Crippen LogP contribution in [0.4, 0.5) is 5.69 Å². The van der Waals surface area contributed by atoms with Crippen LogP contribution in [-0.4, -0.2) is 23.5 Å². The Balaban J connectivity index is 1.87. The summed E-state index contributed by atoms with van der Waals surface area (Å²) in [5, 5.41) is 0. The number of rotatable bonds is 5. The summed E-state index contributed by atoms with van der Waals surface area (Å²) in [4.78, 5) is 6.63. The quantitative estimate of drug-likeness (QED) is 0.835. The smallest absolute Gasteiger partial charge is 0.0416 e. The number of nitrogen functional groups attached to an aromatic ring is 1. The highest BCUT2D eigenvalue weighted by Gasteiger charge is 2.03. The molecular weight excluding hydrogens is 234 g/mol. The van der Waals surface area contributed by atoms with Crippen molar-refractivity contribution in [1.29, 1.82) is 0 Å². The molecule has 3 heteroatoms. The molecule has 0 radical (unpaired) electrons. The van der Waals surface area contributed by atoms with Crippen LogP contribution in [0.15, 0.2) is 42.6 Å². The molecule has 0 atom stereocenters. The molecule has 0 aliphatic heterocycles. The molecule has 0 spiro atoms. The average molecular weight is 255 g/mol. The third-order valence-corrected chi connectivity index (χ3v) is 3.27. The lowest BCUT2D eigenvalue weighted by Crippen LogP contribution is -2.21. The third-order valence-electron chi connectivity index (χ3n) is 3.27. The van der Waals surface area contributed by atoms with Crippen molar-refractivity contribution >= 4 is 5.69 Å². The molecule has 0 unspecified atom stereocenters. The van der Waals surface area contributed by atoms with Crippen molar-refractivity contribution in [2.45, 2.75) is 19.9 Å². The Morgan fingerprint density at radius 2 is 2.05 bits per heavy atom. The molecule has 0 bridgehead atoms. The second kappa shape index (κ2) is 6.34. The lowest BCUT2D eigenvalue weighted by molar-refractivity contribution is 0.330. The molecule has 0 fully saturated rings. The normalized spacial score (nSPS) is 10.9. The van der Waals surface area contributed by atoms with E-state index in [4.69, 9.17) is 5.73 Å². The van der Waals surface area contributed by atoms with E-state index in [1.54, 1.807) is 0 Å². The van der Waals surface area contributed by atoms with Gasteiger partial charge in [0.25, 0.3) is 0 Å². The summed E-state index contributed by atoms with van der Waals surface area (Å²) in [5.41, 5.74) is 10.3. The second-order valence-electron chi connectivity index (χ2n) is 5.00. The highest BCUT2D eigenvalue weighted by atomic mass is 15.1. The zero-order chi connectivity index (χ0) is 13.7. The second-order valence-corrected chi connectivity index (χ2v) is 5.00. The highest BCUT2D eigenvalue weighted by molar-refractivity contribution is 5.48. The zero-order valence-electron chi connectivity index (χ0n) is 11.6. The number of nitrogens with zero attached hydrogens (tertiary/aromatic N) is 2. The number of aryl methyl sites for hydroxylation is 1. The van der Waals surface area contributed by atoms with Crippen molar-refractivity contribution in [1.82, 2.24) is 9.88 Å². The van der Waals surface area contributed by atoms with E-state index in [2.05, 4.69) is 41.2 Å². The van der Waals surface area contributed by atoms with Gasteiger partial charge in [-0.15, -0.1) is 0 Å². The van der Waals surface area contributed by atoms with Gasteiger partial charge in [-0.05, 0) is 43.3 Å². The fraction of sp³-hybridized carbons (Fsp3) is 0.312. The minimum absolute atomic E-state index is 0.871. The van der Waals surface area contributed by atoms with Crippen molar-refractivity contribution in [2.75, 3.05) is 19.3 Å². The molecule has 0 saturated carbocycles. The van der Waals surface area contributed by atoms with E-state index in [1.807, 2.05) is 25.3 Å². The first-order valence-electron chi connectivity index (χ1n) is 6.58. The number of likely N-dealkylation sites (N-methyl/N-ethyl adjacent to an activating group) is 1. The van der Waals surface area contributed by atoms with Crippen molar-refractivity contribution in [3.63, 3.8) is 0 Å². The van der Waals surface area contributed by atoms with E-state index in [9.17, 15) is 0 Å². The van der Waals surface area contributed by atoms with E-state index in [0.717, 1.165) is 36.5 Å². The lowest BCUT2D eigenvalue weighted by atomic mass is 10.1. The fourth-order valence-corrected chi connectivity index (χ4v) is 2.03. The van der Waals surface area contributed by atoms with E-state index in [-0.39, 0.29) is 0 Å². The van der Waals surface area contributed by atoms with Gasteiger partial charge >= 0.3 is 0 Å². The minimum atomic E-state index is 0.871. The molecule has 0 saturated heterocycles. The van der Waals surface area contributed by atoms with Crippen LogP contribution < -0.4 is 5.73 Å². The molecular formula is C16H21N3. The number of aromatic nitrogens is 1. The van der Waals surface area contributed by atoms with Crippen LogP contribution in [0.25, 0.3) is 0 Å². The summed E-state index contributed by atoms with van der Waals surface area (Å²) < 4.78 is 0. The lowest BCUT2D eigenvalue weighted by Gasteiger charge is -2.17. The molecule has 1 aromatic heterocycles. The third kappa shape index (κ3) is 4.07. The molecule has 0 aliphatic carbocycles. The number of hydrogen-bond donors (Lipinski definition) is 1. The minimum Gasteiger partial charge on any atom is -0.399 e. The van der Waals surface area contributed by atoms with Gasteiger partial charge in [-0.2, -0.15) is 0 Å². The van der Waals surface area contributed by atoms with Gasteiger partial charge in [-0.25, -0.2) is 0 Å². The molecule has 100 valence electrons. The molecule has 1 aromatic carbocycles. The van der Waals surface area contributed by atoms with Gasteiger partial charge in [-0.3, -0.25) is 4.98 Å². The van der Waals surface area contributed by atoms with Crippen LogP contribution in [-0.2, 0) is 13.0 Å². The Morgan fingerprint density at radius 1 is 1.21 bits per heavy atom. The summed E-state index contributed by atoms with van der Waals surface area (Å²) >= 11 is 0. The van der Waals surface area contributed by atoms with Gasteiger partial charge in [0.1, 0.15) is 0 Å². The number of hydrogen-bond acceptors (Lipinski definition) is 3. The van der Waals surface area contributed by atoms with Crippen LogP contribution in [0.2, 0.25) is 0 Å². The van der Waals surface area contributed by atoms with Crippen molar-refractivity contribution < 1.29 is 0 Å². The Morgan fingerprint density at radius 3 is 2.74 bits per heavy atom. The number of benzene rings is 1. The maximum Gasteiger partial charge on any atom is 0.0416 e. The first-order valence-corrected chi connectivity index (χ1v) is 6.58. The number of nitrogens with two attached hydrogens (primary N) is 1. The largest absolute Gasteiger partial charge is 0.399 e. The van der Waals surface area contributed by atoms with Crippen LogP contribution in [0.3, 0.4) is 0 Å². The summed E-state index contributed by atoms with van der Waals surface area (Å²) in [6, 6.07) is 12.3. The predicted octanol–water partition coefficient (Wildman–Crippen LogP) is 2.65. The van der Waals surface area contributed by atoms with E-state index in [0.29, 0.717) is 0 Å². The summed E-state index contributed by atoms with van der Waals surface area (Å²) in [6.07, 6.45) is 2.81. The van der Waals surface area contributed by atoms with Gasteiger partial charge in [0, 0.05) is 37.1 Å². The summed E-state index contributed by atoms with van der Waals surface area (Å²) in [7, 11) is 2.12. The van der Waals surface area contributed by atoms with Crippen molar-refractivity contribution in [3.05, 3.63) is 59.4 Å².